The number of carbonyl (C=O) groups excluding carboxylic acids is 2. The lowest BCUT2D eigenvalue weighted by molar-refractivity contribution is 0.0988. The maximum absolute atomic E-state index is 12.8. The van der Waals surface area contributed by atoms with Crippen molar-refractivity contribution in [3.63, 3.8) is 0 Å². The summed E-state index contributed by atoms with van der Waals surface area (Å²) in [5, 5.41) is 7.26. The smallest absolute Gasteiger partial charge is 0.209 e. The molecule has 3 rings (SSSR count). The molecule has 2 N–H and O–H groups in total. The molecular formula is C20H22N4O2S. The summed E-state index contributed by atoms with van der Waals surface area (Å²) in [5.41, 5.74) is 4.62. The Balaban J connectivity index is 1.77. The fourth-order valence-corrected chi connectivity index (χ4v) is 3.86. The zero-order valence-corrected chi connectivity index (χ0v) is 16.8. The van der Waals surface area contributed by atoms with Crippen LogP contribution in [0.3, 0.4) is 0 Å². The Morgan fingerprint density at radius 3 is 2.37 bits per heavy atom. The molecule has 0 radical (unpaired) electrons. The Kier molecular flexibility index (Phi) is 5.32. The molecule has 2 aromatic heterocycles. The minimum atomic E-state index is -0.386. The molecule has 0 aliphatic carbocycles. The second-order valence-corrected chi connectivity index (χ2v) is 7.95. The van der Waals surface area contributed by atoms with Crippen molar-refractivity contribution in [1.29, 1.82) is 0 Å². The molecule has 0 amide bonds. The molecule has 0 spiro atoms. The molecule has 3 aromatic rings. The van der Waals surface area contributed by atoms with Crippen LogP contribution in [-0.4, -0.2) is 37.0 Å². The Morgan fingerprint density at radius 2 is 1.78 bits per heavy atom. The van der Waals surface area contributed by atoms with E-state index in [1.54, 1.807) is 13.8 Å². The minimum Gasteiger partial charge on any atom is -0.355 e. The topological polar surface area (TPSA) is 91.5 Å². The van der Waals surface area contributed by atoms with Crippen molar-refractivity contribution in [3.8, 4) is 11.4 Å². The number of aromatic nitrogens is 4. The van der Waals surface area contributed by atoms with Crippen molar-refractivity contribution in [2.24, 2.45) is 0 Å². The first-order valence-corrected chi connectivity index (χ1v) is 9.56. The summed E-state index contributed by atoms with van der Waals surface area (Å²) in [4.78, 5) is 32.2. The van der Waals surface area contributed by atoms with Crippen molar-refractivity contribution in [3.05, 3.63) is 52.3 Å². The normalized spacial score (nSPS) is 12.2. The van der Waals surface area contributed by atoms with Crippen LogP contribution in [0.4, 0.5) is 0 Å². The number of Topliss-reactive ketones (excluding diaryl/α,β-unsaturated/α-hetero) is 2. The standard InChI is InChI=1S/C20H22N4O2S/c1-10-6-8-15(9-7-10)19-22-20(24-23-19)27-14(5)18(26)17-11(2)16(13(4)25)12(3)21-17/h6-9,14,21H,1-5H3,(H,22,23,24)/t14-/m1/s1. The van der Waals surface area contributed by atoms with E-state index in [0.29, 0.717) is 27.8 Å². The van der Waals surface area contributed by atoms with E-state index in [2.05, 4.69) is 20.2 Å². The van der Waals surface area contributed by atoms with E-state index in [0.717, 1.165) is 11.3 Å². The van der Waals surface area contributed by atoms with Crippen LogP contribution in [0.1, 0.15) is 51.5 Å². The number of rotatable bonds is 6. The van der Waals surface area contributed by atoms with Gasteiger partial charge in [-0.25, -0.2) is 4.98 Å². The highest BCUT2D eigenvalue weighted by atomic mass is 32.2. The third kappa shape index (κ3) is 3.88. The highest BCUT2D eigenvalue weighted by molar-refractivity contribution is 8.00. The number of H-pyrrole nitrogens is 2. The average Bonchev–Trinajstić information content (AvgIpc) is 3.19. The zero-order valence-electron chi connectivity index (χ0n) is 16.0. The summed E-state index contributed by atoms with van der Waals surface area (Å²) < 4.78 is 0. The number of ketones is 2. The number of hydrogen-bond acceptors (Lipinski definition) is 5. The van der Waals surface area contributed by atoms with Gasteiger partial charge in [-0.15, -0.1) is 5.10 Å². The van der Waals surface area contributed by atoms with E-state index >= 15 is 0 Å². The van der Waals surface area contributed by atoms with Crippen molar-refractivity contribution in [2.75, 3.05) is 0 Å². The molecule has 140 valence electrons. The van der Waals surface area contributed by atoms with Crippen LogP contribution in [-0.2, 0) is 0 Å². The number of aromatic amines is 2. The van der Waals surface area contributed by atoms with Crippen LogP contribution in [0.5, 0.6) is 0 Å². The predicted octanol–water partition coefficient (Wildman–Crippen LogP) is 4.29. The number of thioether (sulfide) groups is 1. The van der Waals surface area contributed by atoms with E-state index in [1.807, 2.05) is 38.1 Å². The van der Waals surface area contributed by atoms with Gasteiger partial charge in [0.05, 0.1) is 10.9 Å². The summed E-state index contributed by atoms with van der Waals surface area (Å²) in [5.74, 6) is 0.551. The van der Waals surface area contributed by atoms with Crippen LogP contribution < -0.4 is 0 Å². The quantitative estimate of drug-likeness (QED) is 0.490. The molecule has 7 heteroatoms. The number of nitrogens with one attached hydrogen (secondary N) is 2. The Labute approximate surface area is 162 Å². The highest BCUT2D eigenvalue weighted by Gasteiger charge is 2.25. The number of aryl methyl sites for hydroxylation is 2. The van der Waals surface area contributed by atoms with Crippen molar-refractivity contribution >= 4 is 23.3 Å². The molecule has 0 bridgehead atoms. The molecule has 0 aliphatic heterocycles. The van der Waals surface area contributed by atoms with E-state index in [1.165, 1.54) is 24.2 Å². The zero-order chi connectivity index (χ0) is 19.7. The maximum atomic E-state index is 12.8. The summed E-state index contributed by atoms with van der Waals surface area (Å²) in [6, 6.07) is 7.99. The SMILES string of the molecule is CC(=O)c1c(C)[nH]c(C(=O)[C@@H](C)Sc2n[nH]c(-c3ccc(C)cc3)n2)c1C. The third-order valence-electron chi connectivity index (χ3n) is 4.48. The molecule has 27 heavy (non-hydrogen) atoms. The van der Waals surface area contributed by atoms with Gasteiger partial charge in [0.15, 0.2) is 17.4 Å². The van der Waals surface area contributed by atoms with Crippen molar-refractivity contribution in [1.82, 2.24) is 20.2 Å². The first kappa shape index (κ1) is 19.1. The van der Waals surface area contributed by atoms with Gasteiger partial charge in [-0.05, 0) is 40.2 Å². The monoisotopic (exact) mass is 382 g/mol. The molecule has 6 nitrogen and oxygen atoms in total. The molecule has 2 heterocycles. The molecule has 0 fully saturated rings. The van der Waals surface area contributed by atoms with Gasteiger partial charge in [-0.1, -0.05) is 41.6 Å². The second-order valence-electron chi connectivity index (χ2n) is 6.64. The fourth-order valence-electron chi connectivity index (χ4n) is 3.08. The Hall–Kier alpha value is -2.67. The summed E-state index contributed by atoms with van der Waals surface area (Å²) in [6.45, 7) is 8.96. The van der Waals surface area contributed by atoms with Crippen LogP contribution in [0.15, 0.2) is 29.4 Å². The van der Waals surface area contributed by atoms with Crippen LogP contribution in [0.2, 0.25) is 0 Å². The van der Waals surface area contributed by atoms with Gasteiger partial charge in [-0.3, -0.25) is 14.7 Å². The minimum absolute atomic E-state index is 0.0442. The number of nitrogens with zero attached hydrogens (tertiary/aromatic N) is 2. The number of carbonyl (C=O) groups is 2. The fraction of sp³-hybridized carbons (Fsp3) is 0.300. The lowest BCUT2D eigenvalue weighted by Crippen LogP contribution is -2.15. The maximum Gasteiger partial charge on any atom is 0.209 e. The summed E-state index contributed by atoms with van der Waals surface area (Å²) in [6.07, 6.45) is 0. The number of hydrogen-bond donors (Lipinski definition) is 2. The van der Waals surface area contributed by atoms with E-state index in [4.69, 9.17) is 0 Å². The summed E-state index contributed by atoms with van der Waals surface area (Å²) >= 11 is 1.29. The lowest BCUT2D eigenvalue weighted by atomic mass is 10.0. The van der Waals surface area contributed by atoms with Gasteiger partial charge in [0, 0.05) is 16.8 Å². The van der Waals surface area contributed by atoms with E-state index in [9.17, 15) is 9.59 Å². The van der Waals surface area contributed by atoms with Gasteiger partial charge in [0.2, 0.25) is 5.16 Å². The molecule has 1 aromatic carbocycles. The van der Waals surface area contributed by atoms with Gasteiger partial charge in [0.25, 0.3) is 0 Å². The van der Waals surface area contributed by atoms with Crippen LogP contribution in [0, 0.1) is 20.8 Å². The number of benzene rings is 1. The first-order valence-electron chi connectivity index (χ1n) is 8.68. The second kappa shape index (κ2) is 7.52. The van der Waals surface area contributed by atoms with E-state index < -0.39 is 0 Å². The van der Waals surface area contributed by atoms with Crippen LogP contribution in [0.25, 0.3) is 11.4 Å². The highest BCUT2D eigenvalue weighted by Crippen LogP contribution is 2.27. The average molecular weight is 382 g/mol. The largest absolute Gasteiger partial charge is 0.355 e. The molecule has 0 saturated heterocycles. The molecular weight excluding hydrogens is 360 g/mol. The molecule has 0 aliphatic rings. The lowest BCUT2D eigenvalue weighted by Gasteiger charge is -2.07. The Morgan fingerprint density at radius 1 is 1.11 bits per heavy atom. The van der Waals surface area contributed by atoms with Crippen molar-refractivity contribution in [2.45, 2.75) is 45.0 Å². The van der Waals surface area contributed by atoms with Gasteiger partial charge in [-0.2, -0.15) is 0 Å². The predicted molar refractivity (Wildman–Crippen MR) is 106 cm³/mol. The molecule has 1 atom stereocenters. The Bertz CT molecular complexity index is 1000. The van der Waals surface area contributed by atoms with Crippen molar-refractivity contribution < 1.29 is 9.59 Å². The van der Waals surface area contributed by atoms with Gasteiger partial charge < -0.3 is 4.98 Å². The van der Waals surface area contributed by atoms with E-state index in [-0.39, 0.29) is 16.8 Å². The summed E-state index contributed by atoms with van der Waals surface area (Å²) in [7, 11) is 0. The third-order valence-corrected chi connectivity index (χ3v) is 5.44. The molecule has 0 saturated carbocycles. The molecule has 0 unspecified atom stereocenters. The van der Waals surface area contributed by atoms with Gasteiger partial charge >= 0.3 is 0 Å². The van der Waals surface area contributed by atoms with Gasteiger partial charge in [0.1, 0.15) is 0 Å². The van der Waals surface area contributed by atoms with Crippen LogP contribution >= 0.6 is 11.8 Å². The first-order chi connectivity index (χ1) is 12.8.